The van der Waals surface area contributed by atoms with Crippen molar-refractivity contribution in [2.45, 2.75) is 45.4 Å². The van der Waals surface area contributed by atoms with E-state index in [0.717, 1.165) is 35.4 Å². The number of hydrogen-bond donors (Lipinski definition) is 2. The summed E-state index contributed by atoms with van der Waals surface area (Å²) in [5.74, 6) is 0.762. The Morgan fingerprint density at radius 2 is 2.07 bits per heavy atom. The van der Waals surface area contributed by atoms with Gasteiger partial charge in [0.05, 0.1) is 6.20 Å². The van der Waals surface area contributed by atoms with E-state index in [1.165, 1.54) is 0 Å². The van der Waals surface area contributed by atoms with Crippen molar-refractivity contribution < 1.29 is 14.3 Å². The fourth-order valence-corrected chi connectivity index (χ4v) is 2.69. The number of benzene rings is 1. The maximum absolute atomic E-state index is 11.8. The highest BCUT2D eigenvalue weighted by Crippen LogP contribution is 2.24. The van der Waals surface area contributed by atoms with Crippen LogP contribution in [0, 0.1) is 0 Å². The summed E-state index contributed by atoms with van der Waals surface area (Å²) in [6.07, 6.45) is 4.28. The fraction of sp³-hybridized carbons (Fsp3) is 0.429. The largest absolute Gasteiger partial charge is 0.490 e. The van der Waals surface area contributed by atoms with Gasteiger partial charge in [-0.15, -0.1) is 0 Å². The Hall–Kier alpha value is -2.60. The van der Waals surface area contributed by atoms with Crippen LogP contribution in [0.1, 0.15) is 32.8 Å². The lowest BCUT2D eigenvalue weighted by molar-refractivity contribution is 0.0523. The van der Waals surface area contributed by atoms with Gasteiger partial charge in [0.2, 0.25) is 0 Å². The molecule has 27 heavy (non-hydrogen) atoms. The molecular formula is C21H27N3O3. The van der Waals surface area contributed by atoms with Gasteiger partial charge in [-0.05, 0) is 57.0 Å². The molecule has 144 valence electrons. The van der Waals surface area contributed by atoms with Gasteiger partial charge in [-0.25, -0.2) is 4.79 Å². The van der Waals surface area contributed by atoms with Gasteiger partial charge in [0.15, 0.2) is 0 Å². The van der Waals surface area contributed by atoms with E-state index in [0.29, 0.717) is 19.2 Å². The zero-order chi connectivity index (χ0) is 19.3. The van der Waals surface area contributed by atoms with Crippen LogP contribution in [0.3, 0.4) is 0 Å². The standard InChI is InChI=1S/C21H27N3O3/c1-21(2,3)27-20(25)24-11-15-5-4-6-16(9-15)17-10-19(13-22-12-17)26-14-18-7-8-23-18/h4-6,9-10,12-13,18,23H,7-8,11,14H2,1-3H3,(H,24,25). The molecule has 1 aromatic carbocycles. The first-order valence-corrected chi connectivity index (χ1v) is 9.26. The van der Waals surface area contributed by atoms with Crippen LogP contribution in [0.15, 0.2) is 42.7 Å². The van der Waals surface area contributed by atoms with Gasteiger partial charge >= 0.3 is 6.09 Å². The second-order valence-corrected chi connectivity index (χ2v) is 7.72. The van der Waals surface area contributed by atoms with Crippen LogP contribution in [-0.2, 0) is 11.3 Å². The SMILES string of the molecule is CC(C)(C)OC(=O)NCc1cccc(-c2cncc(OCC3CCN3)c2)c1. The van der Waals surface area contributed by atoms with Gasteiger partial charge in [0.1, 0.15) is 18.0 Å². The minimum Gasteiger partial charge on any atom is -0.490 e. The third-order valence-corrected chi connectivity index (χ3v) is 4.19. The molecule has 1 atom stereocenters. The lowest BCUT2D eigenvalue weighted by Gasteiger charge is -2.27. The molecule has 6 nitrogen and oxygen atoms in total. The predicted molar refractivity (Wildman–Crippen MR) is 105 cm³/mol. The number of carbonyl (C=O) groups is 1. The topological polar surface area (TPSA) is 72.5 Å². The summed E-state index contributed by atoms with van der Waals surface area (Å²) in [4.78, 5) is 16.1. The second kappa shape index (κ2) is 8.39. The first kappa shape index (κ1) is 19.2. The van der Waals surface area contributed by atoms with E-state index in [1.807, 2.05) is 57.3 Å². The Morgan fingerprint density at radius 1 is 1.26 bits per heavy atom. The van der Waals surface area contributed by atoms with E-state index >= 15 is 0 Å². The first-order valence-electron chi connectivity index (χ1n) is 9.26. The first-order chi connectivity index (χ1) is 12.9. The summed E-state index contributed by atoms with van der Waals surface area (Å²) in [6.45, 7) is 7.66. The summed E-state index contributed by atoms with van der Waals surface area (Å²) in [5.41, 5.74) is 2.49. The number of nitrogens with zero attached hydrogens (tertiary/aromatic N) is 1. The van der Waals surface area contributed by atoms with Gasteiger partial charge in [-0.1, -0.05) is 18.2 Å². The third kappa shape index (κ3) is 5.96. The van der Waals surface area contributed by atoms with Crippen LogP contribution in [0.25, 0.3) is 11.1 Å². The number of ether oxygens (including phenoxy) is 2. The quantitative estimate of drug-likeness (QED) is 0.815. The molecule has 2 heterocycles. The molecule has 1 aliphatic rings. The van der Waals surface area contributed by atoms with Gasteiger partial charge in [0, 0.05) is 24.3 Å². The van der Waals surface area contributed by atoms with Crippen molar-refractivity contribution >= 4 is 6.09 Å². The van der Waals surface area contributed by atoms with Crippen molar-refractivity contribution in [3.05, 3.63) is 48.3 Å². The highest BCUT2D eigenvalue weighted by atomic mass is 16.6. The summed E-state index contributed by atoms with van der Waals surface area (Å²) < 4.78 is 11.1. The van der Waals surface area contributed by atoms with Gasteiger partial charge in [0.25, 0.3) is 0 Å². The maximum Gasteiger partial charge on any atom is 0.407 e. The van der Waals surface area contributed by atoms with E-state index in [2.05, 4.69) is 15.6 Å². The molecule has 6 heteroatoms. The van der Waals surface area contributed by atoms with Crippen molar-refractivity contribution in [3.8, 4) is 16.9 Å². The summed E-state index contributed by atoms with van der Waals surface area (Å²) in [7, 11) is 0. The number of aromatic nitrogens is 1. The number of carbonyl (C=O) groups excluding carboxylic acids is 1. The molecule has 0 saturated carbocycles. The molecule has 2 aromatic rings. The molecular weight excluding hydrogens is 342 g/mol. The minimum absolute atomic E-state index is 0.403. The Balaban J connectivity index is 1.61. The predicted octanol–water partition coefficient (Wildman–Crippen LogP) is 3.51. The molecule has 0 bridgehead atoms. The number of pyridine rings is 1. The molecule has 3 rings (SSSR count). The maximum atomic E-state index is 11.8. The number of amides is 1. The van der Waals surface area contributed by atoms with E-state index in [4.69, 9.17) is 9.47 Å². The van der Waals surface area contributed by atoms with Crippen LogP contribution in [0.5, 0.6) is 5.75 Å². The average molecular weight is 369 g/mol. The van der Waals surface area contributed by atoms with Crippen molar-refractivity contribution in [1.29, 1.82) is 0 Å². The highest BCUT2D eigenvalue weighted by molar-refractivity contribution is 5.68. The normalized spacial score (nSPS) is 16.3. The summed E-state index contributed by atoms with van der Waals surface area (Å²) in [5, 5.41) is 6.10. The Labute approximate surface area is 160 Å². The van der Waals surface area contributed by atoms with Crippen molar-refractivity contribution in [2.24, 2.45) is 0 Å². The Morgan fingerprint density at radius 3 is 2.78 bits per heavy atom. The van der Waals surface area contributed by atoms with E-state index in [-0.39, 0.29) is 0 Å². The molecule has 1 aliphatic heterocycles. The van der Waals surface area contributed by atoms with Crippen LogP contribution in [0.2, 0.25) is 0 Å². The van der Waals surface area contributed by atoms with Crippen LogP contribution in [-0.4, -0.2) is 35.9 Å². The third-order valence-electron chi connectivity index (χ3n) is 4.19. The lowest BCUT2D eigenvalue weighted by atomic mass is 10.0. The molecule has 0 aliphatic carbocycles. The van der Waals surface area contributed by atoms with E-state index in [9.17, 15) is 4.79 Å². The highest BCUT2D eigenvalue weighted by Gasteiger charge is 2.17. The van der Waals surface area contributed by atoms with Crippen molar-refractivity contribution in [3.63, 3.8) is 0 Å². The molecule has 2 N–H and O–H groups in total. The average Bonchev–Trinajstić information content (AvgIpc) is 2.58. The summed E-state index contributed by atoms with van der Waals surface area (Å²) in [6, 6.07) is 10.4. The molecule has 1 aromatic heterocycles. The Bertz CT molecular complexity index is 782. The van der Waals surface area contributed by atoms with Crippen LogP contribution in [0.4, 0.5) is 4.79 Å². The monoisotopic (exact) mass is 369 g/mol. The molecule has 1 saturated heterocycles. The zero-order valence-corrected chi connectivity index (χ0v) is 16.1. The van der Waals surface area contributed by atoms with E-state index in [1.54, 1.807) is 6.20 Å². The van der Waals surface area contributed by atoms with Crippen LogP contribution < -0.4 is 15.4 Å². The molecule has 0 radical (unpaired) electrons. The number of hydrogen-bond acceptors (Lipinski definition) is 5. The van der Waals surface area contributed by atoms with Gasteiger partial charge in [-0.2, -0.15) is 0 Å². The van der Waals surface area contributed by atoms with Gasteiger partial charge in [-0.3, -0.25) is 4.98 Å². The minimum atomic E-state index is -0.507. The van der Waals surface area contributed by atoms with Crippen LogP contribution >= 0.6 is 0 Å². The number of alkyl carbamates (subject to hydrolysis) is 1. The smallest absolute Gasteiger partial charge is 0.407 e. The molecule has 1 unspecified atom stereocenters. The fourth-order valence-electron chi connectivity index (χ4n) is 2.69. The number of rotatable bonds is 6. The summed E-state index contributed by atoms with van der Waals surface area (Å²) >= 11 is 0. The molecule has 1 amide bonds. The van der Waals surface area contributed by atoms with Crippen molar-refractivity contribution in [1.82, 2.24) is 15.6 Å². The van der Waals surface area contributed by atoms with Gasteiger partial charge < -0.3 is 20.1 Å². The lowest BCUT2D eigenvalue weighted by Crippen LogP contribution is -2.46. The van der Waals surface area contributed by atoms with Crippen molar-refractivity contribution in [2.75, 3.05) is 13.2 Å². The second-order valence-electron chi connectivity index (χ2n) is 7.72. The molecule has 0 spiro atoms. The van der Waals surface area contributed by atoms with E-state index < -0.39 is 11.7 Å². The Kier molecular flexibility index (Phi) is 5.96. The molecule has 1 fully saturated rings. The zero-order valence-electron chi connectivity index (χ0n) is 16.1. The number of nitrogens with one attached hydrogen (secondary N) is 2.